The van der Waals surface area contributed by atoms with Crippen LogP contribution in [0, 0.1) is 17.0 Å². The second kappa shape index (κ2) is 9.69. The van der Waals surface area contributed by atoms with E-state index in [1.165, 1.54) is 16.8 Å². The maximum Gasteiger partial charge on any atom is 0.274 e. The minimum atomic E-state index is -0.488. The first-order valence-electron chi connectivity index (χ1n) is 10.1. The molecule has 0 aliphatic heterocycles. The lowest BCUT2D eigenvalue weighted by molar-refractivity contribution is -0.384. The summed E-state index contributed by atoms with van der Waals surface area (Å²) < 4.78 is 7.13. The number of amides is 1. The number of ether oxygens (including phenoxy) is 1. The molecule has 0 radical (unpaired) electrons. The number of nitro groups is 1. The molecular weight excluding hydrogens is 424 g/mol. The minimum Gasteiger partial charge on any atom is -0.489 e. The van der Waals surface area contributed by atoms with Gasteiger partial charge in [-0.3, -0.25) is 19.9 Å². The fourth-order valence-corrected chi connectivity index (χ4v) is 3.14. The van der Waals surface area contributed by atoms with E-state index in [0.717, 1.165) is 11.1 Å². The number of nitrogens with zero attached hydrogens (tertiary/aromatic N) is 5. The van der Waals surface area contributed by atoms with E-state index in [9.17, 15) is 14.9 Å². The van der Waals surface area contributed by atoms with Gasteiger partial charge in [0.05, 0.1) is 16.3 Å². The first-order chi connectivity index (χ1) is 16.0. The van der Waals surface area contributed by atoms with Gasteiger partial charge < -0.3 is 10.1 Å². The molecule has 0 aliphatic rings. The summed E-state index contributed by atoms with van der Waals surface area (Å²) in [5.41, 5.74) is 2.88. The van der Waals surface area contributed by atoms with Gasteiger partial charge in [-0.2, -0.15) is 0 Å². The Morgan fingerprint density at radius 3 is 2.67 bits per heavy atom. The van der Waals surface area contributed by atoms with Crippen molar-refractivity contribution in [3.63, 3.8) is 0 Å². The average molecular weight is 444 g/mol. The topological polar surface area (TPSA) is 125 Å². The highest BCUT2D eigenvalue weighted by Crippen LogP contribution is 2.19. The van der Waals surface area contributed by atoms with Crippen molar-refractivity contribution >= 4 is 11.6 Å². The Kier molecular flexibility index (Phi) is 6.35. The number of benzene rings is 2. The summed E-state index contributed by atoms with van der Waals surface area (Å²) in [4.78, 5) is 27.2. The number of nitrogens with one attached hydrogen (secondary N) is 1. The second-order valence-corrected chi connectivity index (χ2v) is 7.19. The molecule has 2 heterocycles. The highest BCUT2D eigenvalue weighted by Gasteiger charge is 2.18. The normalized spacial score (nSPS) is 10.6. The molecule has 0 saturated carbocycles. The quantitative estimate of drug-likeness (QED) is 0.326. The highest BCUT2D eigenvalue weighted by molar-refractivity contribution is 5.93. The summed E-state index contributed by atoms with van der Waals surface area (Å²) in [7, 11) is 0. The summed E-state index contributed by atoms with van der Waals surface area (Å²) in [6.07, 6.45) is 3.46. The van der Waals surface area contributed by atoms with Crippen LogP contribution < -0.4 is 10.1 Å². The number of rotatable bonds is 8. The largest absolute Gasteiger partial charge is 0.489 e. The Balaban J connectivity index is 1.36. The summed E-state index contributed by atoms with van der Waals surface area (Å²) in [6.45, 7) is 2.40. The summed E-state index contributed by atoms with van der Waals surface area (Å²) in [5.74, 6) is 0.325. The van der Waals surface area contributed by atoms with E-state index in [1.807, 2.05) is 36.4 Å². The zero-order valence-electron chi connectivity index (χ0n) is 17.7. The summed E-state index contributed by atoms with van der Waals surface area (Å²) in [5, 5.41) is 21.8. The molecule has 0 saturated heterocycles. The van der Waals surface area contributed by atoms with Crippen LogP contribution in [-0.4, -0.2) is 30.8 Å². The monoisotopic (exact) mass is 444 g/mol. The van der Waals surface area contributed by atoms with E-state index in [-0.39, 0.29) is 17.3 Å². The second-order valence-electron chi connectivity index (χ2n) is 7.19. The fraction of sp³-hybridized carbons (Fsp3) is 0.130. The average Bonchev–Trinajstić information content (AvgIpc) is 3.24. The number of nitro benzene ring substituents is 1. The van der Waals surface area contributed by atoms with Crippen molar-refractivity contribution in [2.75, 3.05) is 0 Å². The van der Waals surface area contributed by atoms with Crippen LogP contribution in [0.15, 0.2) is 73.1 Å². The zero-order valence-corrected chi connectivity index (χ0v) is 17.7. The van der Waals surface area contributed by atoms with Crippen molar-refractivity contribution in [2.24, 2.45) is 0 Å². The Labute approximate surface area is 189 Å². The molecular formula is C23H20N6O4. The number of non-ortho nitro benzene ring substituents is 1. The van der Waals surface area contributed by atoms with Gasteiger partial charge in [0.2, 0.25) is 0 Å². The standard InChI is InChI=1S/C23H20N6O4/c1-16-22(26-27-28(16)19-5-2-6-20(12-19)29(31)32)23(30)25-14-17-7-9-21(10-8-17)33-15-18-4-3-11-24-13-18/h2-13H,14-15H2,1H3,(H,25,30). The van der Waals surface area contributed by atoms with E-state index >= 15 is 0 Å². The van der Waals surface area contributed by atoms with Crippen molar-refractivity contribution in [1.29, 1.82) is 0 Å². The molecule has 0 atom stereocenters. The molecule has 0 unspecified atom stereocenters. The molecule has 1 amide bonds. The molecule has 2 aromatic heterocycles. The Morgan fingerprint density at radius 2 is 1.94 bits per heavy atom. The Bertz CT molecular complexity index is 1270. The molecule has 4 aromatic rings. The van der Waals surface area contributed by atoms with Gasteiger partial charge in [0, 0.05) is 36.6 Å². The van der Waals surface area contributed by atoms with Crippen molar-refractivity contribution in [2.45, 2.75) is 20.1 Å². The molecule has 4 rings (SSSR count). The zero-order chi connectivity index (χ0) is 23.2. The third-order valence-electron chi connectivity index (χ3n) is 4.90. The van der Waals surface area contributed by atoms with Crippen LogP contribution in [0.1, 0.15) is 27.3 Å². The van der Waals surface area contributed by atoms with Gasteiger partial charge in [-0.25, -0.2) is 4.68 Å². The SMILES string of the molecule is Cc1c(C(=O)NCc2ccc(OCc3cccnc3)cc2)nnn1-c1cccc([N+](=O)[O-])c1. The summed E-state index contributed by atoms with van der Waals surface area (Å²) >= 11 is 0. The number of hydrogen-bond donors (Lipinski definition) is 1. The molecule has 166 valence electrons. The van der Waals surface area contributed by atoms with Gasteiger partial charge in [0.15, 0.2) is 5.69 Å². The van der Waals surface area contributed by atoms with Crippen LogP contribution in [0.2, 0.25) is 0 Å². The number of aromatic nitrogens is 4. The van der Waals surface area contributed by atoms with Gasteiger partial charge in [0.1, 0.15) is 12.4 Å². The maximum absolute atomic E-state index is 12.6. The highest BCUT2D eigenvalue weighted by atomic mass is 16.6. The lowest BCUT2D eigenvalue weighted by Crippen LogP contribution is -2.24. The van der Waals surface area contributed by atoms with Gasteiger partial charge in [0.25, 0.3) is 11.6 Å². The van der Waals surface area contributed by atoms with Gasteiger partial charge in [-0.05, 0) is 36.8 Å². The fourth-order valence-electron chi connectivity index (χ4n) is 3.14. The minimum absolute atomic E-state index is 0.0683. The van der Waals surface area contributed by atoms with Crippen LogP contribution in [0.3, 0.4) is 0 Å². The molecule has 0 bridgehead atoms. The Morgan fingerprint density at radius 1 is 1.12 bits per heavy atom. The molecule has 33 heavy (non-hydrogen) atoms. The van der Waals surface area contributed by atoms with E-state index in [0.29, 0.717) is 30.3 Å². The molecule has 10 nitrogen and oxygen atoms in total. The molecule has 0 spiro atoms. The van der Waals surface area contributed by atoms with Crippen molar-refractivity contribution in [1.82, 2.24) is 25.3 Å². The van der Waals surface area contributed by atoms with E-state index in [4.69, 9.17) is 4.74 Å². The number of carbonyl (C=O) groups excluding carboxylic acids is 1. The van der Waals surface area contributed by atoms with E-state index in [1.54, 1.807) is 31.5 Å². The number of pyridine rings is 1. The molecule has 1 N–H and O–H groups in total. The first-order valence-corrected chi connectivity index (χ1v) is 10.1. The molecule has 2 aromatic carbocycles. The van der Waals surface area contributed by atoms with Crippen molar-refractivity contribution in [3.05, 3.63) is 106 Å². The predicted molar refractivity (Wildman–Crippen MR) is 119 cm³/mol. The lowest BCUT2D eigenvalue weighted by Gasteiger charge is -2.08. The third-order valence-corrected chi connectivity index (χ3v) is 4.90. The van der Waals surface area contributed by atoms with E-state index < -0.39 is 4.92 Å². The third kappa shape index (κ3) is 5.18. The maximum atomic E-state index is 12.6. The van der Waals surface area contributed by atoms with Crippen LogP contribution in [0.25, 0.3) is 5.69 Å². The smallest absolute Gasteiger partial charge is 0.274 e. The van der Waals surface area contributed by atoms with Crippen LogP contribution >= 0.6 is 0 Å². The van der Waals surface area contributed by atoms with Crippen LogP contribution in [-0.2, 0) is 13.2 Å². The molecule has 10 heteroatoms. The Hall–Kier alpha value is -4.60. The predicted octanol–water partition coefficient (Wildman–Crippen LogP) is 3.39. The number of carbonyl (C=O) groups is 1. The van der Waals surface area contributed by atoms with Gasteiger partial charge >= 0.3 is 0 Å². The van der Waals surface area contributed by atoms with Crippen molar-refractivity contribution < 1.29 is 14.5 Å². The van der Waals surface area contributed by atoms with E-state index in [2.05, 4.69) is 20.6 Å². The lowest BCUT2D eigenvalue weighted by atomic mass is 10.2. The molecule has 0 fully saturated rings. The van der Waals surface area contributed by atoms with Crippen LogP contribution in [0.4, 0.5) is 5.69 Å². The first kappa shape index (κ1) is 21.6. The van der Waals surface area contributed by atoms with Crippen molar-refractivity contribution in [3.8, 4) is 11.4 Å². The molecule has 0 aliphatic carbocycles. The summed E-state index contributed by atoms with van der Waals surface area (Å²) in [6, 6.07) is 17.2. The number of hydrogen-bond acceptors (Lipinski definition) is 7. The van der Waals surface area contributed by atoms with Gasteiger partial charge in [-0.15, -0.1) is 5.10 Å². The van der Waals surface area contributed by atoms with Gasteiger partial charge in [-0.1, -0.05) is 29.5 Å². The van der Waals surface area contributed by atoms with Crippen LogP contribution in [0.5, 0.6) is 5.75 Å².